The van der Waals surface area contributed by atoms with E-state index in [0.29, 0.717) is 4.90 Å². The summed E-state index contributed by atoms with van der Waals surface area (Å²) >= 11 is 1.44. The summed E-state index contributed by atoms with van der Waals surface area (Å²) in [6, 6.07) is 5.55. The summed E-state index contributed by atoms with van der Waals surface area (Å²) in [6.45, 7) is 7.25. The summed E-state index contributed by atoms with van der Waals surface area (Å²) in [6.07, 6.45) is 7.01. The van der Waals surface area contributed by atoms with Crippen LogP contribution in [-0.4, -0.2) is 29.0 Å². The van der Waals surface area contributed by atoms with Crippen LogP contribution in [0.25, 0.3) is 16.2 Å². The van der Waals surface area contributed by atoms with E-state index in [1.54, 1.807) is 19.9 Å². The van der Waals surface area contributed by atoms with Crippen molar-refractivity contribution in [1.82, 2.24) is 14.1 Å². The van der Waals surface area contributed by atoms with Crippen LogP contribution in [0.3, 0.4) is 0 Å². The number of imidazole rings is 1. The van der Waals surface area contributed by atoms with Gasteiger partial charge >= 0.3 is 0 Å². The average molecular weight is 448 g/mol. The minimum Gasteiger partial charge on any atom is -0.385 e. The monoisotopic (exact) mass is 447 g/mol. The number of aromatic nitrogens is 2. The standard InChI is InChI=1S/C22H29N3O3S2/c1-14-10-11-16(12-18(14)30(27,28)24-17-8-6-5-7-9-17)20-15(2)23-21-25(20)13-19(29-21)22(3,4)26/h10-13,17,24,26H,5-9H2,1-4H3. The van der Waals surface area contributed by atoms with Crippen molar-refractivity contribution in [3.63, 3.8) is 0 Å². The Morgan fingerprint density at radius 3 is 2.57 bits per heavy atom. The van der Waals surface area contributed by atoms with Gasteiger partial charge in [0, 0.05) is 17.8 Å². The van der Waals surface area contributed by atoms with Gasteiger partial charge in [0.15, 0.2) is 4.96 Å². The van der Waals surface area contributed by atoms with E-state index in [1.807, 2.05) is 36.6 Å². The lowest BCUT2D eigenvalue weighted by molar-refractivity contribution is 0.0822. The second-order valence-electron chi connectivity index (χ2n) is 8.79. The van der Waals surface area contributed by atoms with Gasteiger partial charge < -0.3 is 5.11 Å². The molecule has 6 nitrogen and oxygen atoms in total. The molecule has 0 atom stereocenters. The predicted octanol–water partition coefficient (Wildman–Crippen LogP) is 4.52. The third-order valence-electron chi connectivity index (χ3n) is 5.78. The fourth-order valence-corrected chi connectivity index (χ4v) is 6.73. The highest BCUT2D eigenvalue weighted by Crippen LogP contribution is 2.34. The maximum atomic E-state index is 13.2. The Balaban J connectivity index is 1.76. The molecule has 30 heavy (non-hydrogen) atoms. The lowest BCUT2D eigenvalue weighted by Gasteiger charge is -2.23. The zero-order chi connectivity index (χ0) is 21.7. The molecule has 0 spiro atoms. The molecule has 0 unspecified atom stereocenters. The number of nitrogens with zero attached hydrogens (tertiary/aromatic N) is 2. The molecule has 0 amide bonds. The molecule has 162 valence electrons. The topological polar surface area (TPSA) is 83.7 Å². The van der Waals surface area contributed by atoms with E-state index in [0.717, 1.165) is 58.0 Å². The summed E-state index contributed by atoms with van der Waals surface area (Å²) in [7, 11) is -3.61. The smallest absolute Gasteiger partial charge is 0.241 e. The first-order valence-corrected chi connectivity index (χ1v) is 12.7. The van der Waals surface area contributed by atoms with Gasteiger partial charge in [-0.2, -0.15) is 0 Å². The summed E-state index contributed by atoms with van der Waals surface area (Å²) in [4.78, 5) is 6.55. The number of hydrogen-bond acceptors (Lipinski definition) is 5. The molecule has 1 aliphatic rings. The van der Waals surface area contributed by atoms with E-state index in [4.69, 9.17) is 0 Å². The first-order chi connectivity index (χ1) is 14.1. The van der Waals surface area contributed by atoms with Gasteiger partial charge in [-0.15, -0.1) is 0 Å². The van der Waals surface area contributed by atoms with Gasteiger partial charge in [-0.3, -0.25) is 4.40 Å². The fourth-order valence-electron chi connectivity index (χ4n) is 4.13. The Morgan fingerprint density at radius 2 is 1.90 bits per heavy atom. The van der Waals surface area contributed by atoms with Crippen molar-refractivity contribution in [3.05, 3.63) is 40.5 Å². The molecule has 1 fully saturated rings. The molecule has 0 aliphatic heterocycles. The van der Waals surface area contributed by atoms with Gasteiger partial charge in [-0.1, -0.05) is 42.7 Å². The SMILES string of the molecule is Cc1ccc(-c2c(C)nc3sc(C(C)(C)O)cn23)cc1S(=O)(=O)NC1CCCCC1. The van der Waals surface area contributed by atoms with Crippen molar-refractivity contribution in [2.75, 3.05) is 0 Å². The Morgan fingerprint density at radius 1 is 1.20 bits per heavy atom. The Kier molecular flexibility index (Phi) is 5.55. The highest BCUT2D eigenvalue weighted by molar-refractivity contribution is 7.89. The van der Waals surface area contributed by atoms with Crippen molar-refractivity contribution >= 4 is 26.3 Å². The minimum atomic E-state index is -3.61. The van der Waals surface area contributed by atoms with E-state index in [-0.39, 0.29) is 6.04 Å². The van der Waals surface area contributed by atoms with Crippen molar-refractivity contribution < 1.29 is 13.5 Å². The maximum absolute atomic E-state index is 13.2. The van der Waals surface area contributed by atoms with E-state index >= 15 is 0 Å². The first kappa shape index (κ1) is 21.5. The van der Waals surface area contributed by atoms with Crippen LogP contribution in [0.4, 0.5) is 0 Å². The van der Waals surface area contributed by atoms with Crippen LogP contribution < -0.4 is 4.72 Å². The van der Waals surface area contributed by atoms with E-state index in [2.05, 4.69) is 9.71 Å². The Labute approximate surface area is 182 Å². The van der Waals surface area contributed by atoms with Crippen LogP contribution in [0.15, 0.2) is 29.3 Å². The van der Waals surface area contributed by atoms with E-state index in [9.17, 15) is 13.5 Å². The van der Waals surface area contributed by atoms with Gasteiger partial charge in [0.1, 0.15) is 0 Å². The predicted molar refractivity (Wildman–Crippen MR) is 120 cm³/mol. The second-order valence-corrected chi connectivity index (χ2v) is 11.5. The maximum Gasteiger partial charge on any atom is 0.241 e. The summed E-state index contributed by atoms with van der Waals surface area (Å²) in [5.74, 6) is 0. The molecular formula is C22H29N3O3S2. The molecule has 0 radical (unpaired) electrons. The third kappa shape index (κ3) is 4.06. The van der Waals surface area contributed by atoms with Crippen LogP contribution in [0.1, 0.15) is 62.1 Å². The molecular weight excluding hydrogens is 418 g/mol. The molecule has 1 saturated carbocycles. The van der Waals surface area contributed by atoms with Crippen molar-refractivity contribution in [1.29, 1.82) is 0 Å². The van der Waals surface area contributed by atoms with Crippen LogP contribution in [0.2, 0.25) is 0 Å². The zero-order valence-corrected chi connectivity index (χ0v) is 19.5. The molecule has 2 N–H and O–H groups in total. The lowest BCUT2D eigenvalue weighted by atomic mass is 9.96. The van der Waals surface area contributed by atoms with Gasteiger partial charge in [0.05, 0.1) is 26.8 Å². The molecule has 2 heterocycles. The van der Waals surface area contributed by atoms with Gasteiger partial charge in [0.2, 0.25) is 10.0 Å². The Bertz CT molecular complexity index is 1180. The molecule has 0 saturated heterocycles. The van der Waals surface area contributed by atoms with Crippen molar-refractivity contribution in [3.8, 4) is 11.3 Å². The number of thiazole rings is 1. The first-order valence-electron chi connectivity index (χ1n) is 10.4. The summed E-state index contributed by atoms with van der Waals surface area (Å²) in [5, 5.41) is 10.4. The molecule has 8 heteroatoms. The number of aliphatic hydroxyl groups is 1. The number of rotatable bonds is 5. The van der Waals surface area contributed by atoms with E-state index < -0.39 is 15.6 Å². The molecule has 3 aromatic rings. The number of fused-ring (bicyclic) bond motifs is 1. The quantitative estimate of drug-likeness (QED) is 0.602. The van der Waals surface area contributed by atoms with Crippen LogP contribution in [-0.2, 0) is 15.6 Å². The van der Waals surface area contributed by atoms with Crippen LogP contribution in [0.5, 0.6) is 0 Å². The molecule has 1 aromatic carbocycles. The highest BCUT2D eigenvalue weighted by Gasteiger charge is 2.26. The molecule has 0 bridgehead atoms. The summed E-state index contributed by atoms with van der Waals surface area (Å²) < 4.78 is 31.2. The number of benzene rings is 1. The zero-order valence-electron chi connectivity index (χ0n) is 17.9. The third-order valence-corrected chi connectivity index (χ3v) is 8.74. The molecule has 4 rings (SSSR count). The largest absolute Gasteiger partial charge is 0.385 e. The van der Waals surface area contributed by atoms with Gasteiger partial charge in [-0.25, -0.2) is 18.1 Å². The second kappa shape index (κ2) is 7.75. The average Bonchev–Trinajstić information content (AvgIpc) is 3.19. The number of hydrogen-bond donors (Lipinski definition) is 2. The fraction of sp³-hybridized carbons (Fsp3) is 0.500. The van der Waals surface area contributed by atoms with E-state index in [1.165, 1.54) is 17.8 Å². The van der Waals surface area contributed by atoms with Crippen LogP contribution in [0, 0.1) is 13.8 Å². The van der Waals surface area contributed by atoms with Gasteiger partial charge in [0.25, 0.3) is 0 Å². The highest BCUT2D eigenvalue weighted by atomic mass is 32.2. The molecule has 2 aromatic heterocycles. The normalized spacial score (nSPS) is 16.4. The number of sulfonamides is 1. The van der Waals surface area contributed by atoms with Crippen molar-refractivity contribution in [2.24, 2.45) is 0 Å². The van der Waals surface area contributed by atoms with Crippen LogP contribution >= 0.6 is 11.3 Å². The lowest BCUT2D eigenvalue weighted by Crippen LogP contribution is -2.36. The molecule has 1 aliphatic carbocycles. The number of nitrogens with one attached hydrogen (secondary N) is 1. The summed E-state index contributed by atoms with van der Waals surface area (Å²) in [5.41, 5.74) is 2.25. The minimum absolute atomic E-state index is 0.0152. The Hall–Kier alpha value is -1.74. The number of aryl methyl sites for hydroxylation is 2. The van der Waals surface area contributed by atoms with Gasteiger partial charge in [-0.05, 0) is 52.2 Å². The van der Waals surface area contributed by atoms with Crippen molar-refractivity contribution in [2.45, 2.75) is 76.3 Å².